The molecule has 130 valence electrons. The lowest BCUT2D eigenvalue weighted by atomic mass is 10.0. The van der Waals surface area contributed by atoms with E-state index in [2.05, 4.69) is 10.4 Å². The third-order valence-electron chi connectivity index (χ3n) is 3.92. The smallest absolute Gasteiger partial charge is 0.410 e. The van der Waals surface area contributed by atoms with E-state index in [9.17, 15) is 4.79 Å². The van der Waals surface area contributed by atoms with Crippen LogP contribution in [0.4, 0.5) is 4.79 Å². The largest absolute Gasteiger partial charge is 0.444 e. The SMILES string of the molecule is Cc1cnn(CCNCC2CCCCN2C(=O)OC(C)(C)C)c1. The van der Waals surface area contributed by atoms with Crippen LogP contribution < -0.4 is 5.32 Å². The molecule has 1 unspecified atom stereocenters. The maximum absolute atomic E-state index is 12.3. The normalized spacial score (nSPS) is 19.0. The fourth-order valence-electron chi connectivity index (χ4n) is 2.83. The molecule has 0 saturated carbocycles. The molecule has 1 N–H and O–H groups in total. The van der Waals surface area contributed by atoms with Crippen molar-refractivity contribution in [3.8, 4) is 0 Å². The fourth-order valence-corrected chi connectivity index (χ4v) is 2.83. The van der Waals surface area contributed by atoms with Crippen LogP contribution >= 0.6 is 0 Å². The van der Waals surface area contributed by atoms with Crippen LogP contribution in [0.3, 0.4) is 0 Å². The predicted molar refractivity (Wildman–Crippen MR) is 90.4 cm³/mol. The van der Waals surface area contributed by atoms with Crippen molar-refractivity contribution in [2.24, 2.45) is 0 Å². The van der Waals surface area contributed by atoms with Crippen LogP contribution in [-0.4, -0.2) is 52.1 Å². The summed E-state index contributed by atoms with van der Waals surface area (Å²) in [6.07, 6.45) is 6.98. The third kappa shape index (κ3) is 5.86. The number of hydrogen-bond donors (Lipinski definition) is 1. The number of piperidine rings is 1. The number of carbonyl (C=O) groups is 1. The number of carbonyl (C=O) groups excluding carboxylic acids is 1. The second-order valence-corrected chi connectivity index (χ2v) is 7.31. The highest BCUT2D eigenvalue weighted by Gasteiger charge is 2.30. The van der Waals surface area contributed by atoms with Crippen molar-refractivity contribution in [1.29, 1.82) is 0 Å². The molecule has 1 saturated heterocycles. The topological polar surface area (TPSA) is 59.4 Å². The Labute approximate surface area is 139 Å². The second kappa shape index (κ2) is 7.81. The molecule has 1 fully saturated rings. The van der Waals surface area contributed by atoms with Gasteiger partial charge in [-0.2, -0.15) is 5.10 Å². The molecule has 1 aliphatic rings. The van der Waals surface area contributed by atoms with Crippen molar-refractivity contribution in [3.05, 3.63) is 18.0 Å². The maximum Gasteiger partial charge on any atom is 0.410 e. The second-order valence-electron chi connectivity index (χ2n) is 7.31. The number of likely N-dealkylation sites (tertiary alicyclic amines) is 1. The molecule has 6 heteroatoms. The van der Waals surface area contributed by atoms with E-state index in [1.54, 1.807) is 0 Å². The van der Waals surface area contributed by atoms with Gasteiger partial charge in [-0.25, -0.2) is 4.79 Å². The highest BCUT2D eigenvalue weighted by Crippen LogP contribution is 2.20. The number of nitrogens with one attached hydrogen (secondary N) is 1. The Balaban J connectivity index is 1.78. The molecular formula is C17H30N4O2. The zero-order chi connectivity index (χ0) is 16.9. The lowest BCUT2D eigenvalue weighted by Gasteiger charge is -2.36. The summed E-state index contributed by atoms with van der Waals surface area (Å²) in [4.78, 5) is 14.2. The number of ether oxygens (including phenoxy) is 1. The molecule has 6 nitrogen and oxygen atoms in total. The zero-order valence-electron chi connectivity index (χ0n) is 14.8. The van der Waals surface area contributed by atoms with Crippen molar-refractivity contribution in [3.63, 3.8) is 0 Å². The van der Waals surface area contributed by atoms with Crippen molar-refractivity contribution in [1.82, 2.24) is 20.0 Å². The van der Waals surface area contributed by atoms with E-state index in [1.165, 1.54) is 12.0 Å². The highest BCUT2D eigenvalue weighted by atomic mass is 16.6. The van der Waals surface area contributed by atoms with Crippen molar-refractivity contribution in [2.75, 3.05) is 19.6 Å². The van der Waals surface area contributed by atoms with E-state index in [0.29, 0.717) is 0 Å². The minimum Gasteiger partial charge on any atom is -0.444 e. The van der Waals surface area contributed by atoms with Gasteiger partial charge in [0.25, 0.3) is 0 Å². The number of nitrogens with zero attached hydrogens (tertiary/aromatic N) is 3. The first-order valence-electron chi connectivity index (χ1n) is 8.54. The van der Waals surface area contributed by atoms with Gasteiger partial charge in [-0.3, -0.25) is 4.68 Å². The van der Waals surface area contributed by atoms with Crippen LogP contribution in [0.25, 0.3) is 0 Å². The van der Waals surface area contributed by atoms with Gasteiger partial charge in [0, 0.05) is 31.9 Å². The van der Waals surface area contributed by atoms with Crippen molar-refractivity contribution in [2.45, 2.75) is 65.1 Å². The Morgan fingerprint density at radius 2 is 2.22 bits per heavy atom. The summed E-state index contributed by atoms with van der Waals surface area (Å²) in [5.74, 6) is 0. The van der Waals surface area contributed by atoms with E-state index < -0.39 is 5.60 Å². The summed E-state index contributed by atoms with van der Waals surface area (Å²) in [6.45, 7) is 11.1. The molecule has 0 aliphatic carbocycles. The molecular weight excluding hydrogens is 292 g/mol. The summed E-state index contributed by atoms with van der Waals surface area (Å²) in [5.41, 5.74) is 0.734. The van der Waals surface area contributed by atoms with Gasteiger partial charge in [0.1, 0.15) is 5.60 Å². The first-order chi connectivity index (χ1) is 10.8. The lowest BCUT2D eigenvalue weighted by Crippen LogP contribution is -2.50. The van der Waals surface area contributed by atoms with Crippen LogP contribution in [-0.2, 0) is 11.3 Å². The van der Waals surface area contributed by atoms with Gasteiger partial charge in [0.2, 0.25) is 0 Å². The summed E-state index contributed by atoms with van der Waals surface area (Å²) in [7, 11) is 0. The minimum atomic E-state index is -0.440. The molecule has 0 spiro atoms. The number of aryl methyl sites for hydroxylation is 1. The van der Waals surface area contributed by atoms with Gasteiger partial charge in [0.05, 0.1) is 12.7 Å². The number of hydrogen-bond acceptors (Lipinski definition) is 4. The van der Waals surface area contributed by atoms with Gasteiger partial charge in [0.15, 0.2) is 0 Å². The average molecular weight is 322 g/mol. The Bertz CT molecular complexity index is 507. The summed E-state index contributed by atoms with van der Waals surface area (Å²) < 4.78 is 7.47. The van der Waals surface area contributed by atoms with Gasteiger partial charge in [-0.1, -0.05) is 0 Å². The molecule has 1 aliphatic heterocycles. The van der Waals surface area contributed by atoms with Gasteiger partial charge in [-0.05, 0) is 52.5 Å². The molecule has 0 aromatic carbocycles. The number of rotatable bonds is 5. The molecule has 2 heterocycles. The Kier molecular flexibility index (Phi) is 6.04. The summed E-state index contributed by atoms with van der Waals surface area (Å²) in [5, 5.41) is 7.73. The number of aromatic nitrogens is 2. The first kappa shape index (κ1) is 17.8. The van der Waals surface area contributed by atoms with Crippen molar-refractivity contribution < 1.29 is 9.53 Å². The van der Waals surface area contributed by atoms with Crippen molar-refractivity contribution >= 4 is 6.09 Å². The molecule has 1 aromatic rings. The minimum absolute atomic E-state index is 0.188. The Morgan fingerprint density at radius 1 is 1.43 bits per heavy atom. The van der Waals surface area contributed by atoms with Gasteiger partial charge in [-0.15, -0.1) is 0 Å². The lowest BCUT2D eigenvalue weighted by molar-refractivity contribution is 0.00996. The molecule has 1 atom stereocenters. The highest BCUT2D eigenvalue weighted by molar-refractivity contribution is 5.68. The van der Waals surface area contributed by atoms with E-state index >= 15 is 0 Å². The molecule has 2 rings (SSSR count). The standard InChI is InChI=1S/C17H30N4O2/c1-14-11-19-20(13-14)10-8-18-12-15-7-5-6-9-21(15)16(22)23-17(2,3)4/h11,13,15,18H,5-10,12H2,1-4H3. The number of amides is 1. The van der Waals surface area contributed by atoms with Gasteiger partial charge < -0.3 is 15.0 Å². The summed E-state index contributed by atoms with van der Waals surface area (Å²) in [6, 6.07) is 0.220. The van der Waals surface area contributed by atoms with Crippen LogP contribution in [0.2, 0.25) is 0 Å². The average Bonchev–Trinajstić information content (AvgIpc) is 2.88. The zero-order valence-corrected chi connectivity index (χ0v) is 14.8. The van der Waals surface area contributed by atoms with Crippen LogP contribution in [0.5, 0.6) is 0 Å². The molecule has 1 amide bonds. The monoisotopic (exact) mass is 322 g/mol. The molecule has 0 radical (unpaired) electrons. The van der Waals surface area contributed by atoms with Crippen LogP contribution in [0.1, 0.15) is 45.6 Å². The van der Waals surface area contributed by atoms with Crippen LogP contribution in [0, 0.1) is 6.92 Å². The Hall–Kier alpha value is -1.56. The maximum atomic E-state index is 12.3. The van der Waals surface area contributed by atoms with E-state index in [0.717, 1.165) is 39.0 Å². The molecule has 23 heavy (non-hydrogen) atoms. The Morgan fingerprint density at radius 3 is 2.87 bits per heavy atom. The third-order valence-corrected chi connectivity index (χ3v) is 3.92. The summed E-state index contributed by atoms with van der Waals surface area (Å²) >= 11 is 0. The fraction of sp³-hybridized carbons (Fsp3) is 0.765. The quantitative estimate of drug-likeness (QED) is 0.847. The van der Waals surface area contributed by atoms with Crippen LogP contribution in [0.15, 0.2) is 12.4 Å². The van der Waals surface area contributed by atoms with E-state index in [1.807, 2.05) is 49.7 Å². The molecule has 1 aromatic heterocycles. The van der Waals surface area contributed by atoms with E-state index in [4.69, 9.17) is 4.74 Å². The predicted octanol–water partition coefficient (Wildman–Crippen LogP) is 2.57. The van der Waals surface area contributed by atoms with E-state index in [-0.39, 0.29) is 12.1 Å². The first-order valence-corrected chi connectivity index (χ1v) is 8.54. The van der Waals surface area contributed by atoms with Gasteiger partial charge >= 0.3 is 6.09 Å². The molecule has 0 bridgehead atoms.